The van der Waals surface area contributed by atoms with E-state index in [0.29, 0.717) is 0 Å². The van der Waals surface area contributed by atoms with Crippen molar-refractivity contribution in [2.45, 2.75) is 0 Å². The molecule has 1 heterocycles. The van der Waals surface area contributed by atoms with E-state index in [1.165, 1.54) is 18.6 Å². The number of hydrogen-bond acceptors (Lipinski definition) is 0. The quantitative estimate of drug-likeness (QED) is 0.600. The molecular formula is C6H6NP2+. The van der Waals surface area contributed by atoms with Crippen LogP contribution in [-0.2, 0) is 0 Å². The van der Waals surface area contributed by atoms with Crippen LogP contribution in [-0.4, -0.2) is 4.51 Å². The summed E-state index contributed by atoms with van der Waals surface area (Å²) < 4.78 is 3.29. The van der Waals surface area contributed by atoms with Crippen LogP contribution >= 0.6 is 16.7 Å². The van der Waals surface area contributed by atoms with E-state index >= 15 is 0 Å². The van der Waals surface area contributed by atoms with Crippen molar-refractivity contribution in [1.82, 2.24) is 4.51 Å². The zero-order valence-corrected chi connectivity index (χ0v) is 6.65. The molecule has 3 heteroatoms. The maximum Gasteiger partial charge on any atom is 0.264 e. The fourth-order valence-corrected chi connectivity index (χ4v) is 3.09. The molecule has 0 aliphatic heterocycles. The number of benzene rings is 1. The lowest BCUT2D eigenvalue weighted by atomic mass is 10.4. The Balaban J connectivity index is 2.95. The fourth-order valence-electron chi connectivity index (χ4n) is 0.825. The van der Waals surface area contributed by atoms with Gasteiger partial charge in [-0.1, -0.05) is 12.1 Å². The topological polar surface area (TPSA) is 15.8 Å². The summed E-state index contributed by atoms with van der Waals surface area (Å²) >= 11 is 0. The molecule has 2 aromatic rings. The number of fused-ring (bicyclic) bond motifs is 1. The van der Waals surface area contributed by atoms with Gasteiger partial charge in [-0.05, 0) is 12.1 Å². The number of hydrogen-bond donors (Lipinski definition) is 1. The second-order valence-corrected chi connectivity index (χ2v) is 4.25. The number of aromatic amines is 1. The second kappa shape index (κ2) is 2.10. The van der Waals surface area contributed by atoms with Crippen LogP contribution in [0, 0.1) is 0 Å². The van der Waals surface area contributed by atoms with Crippen molar-refractivity contribution in [1.29, 1.82) is 0 Å². The van der Waals surface area contributed by atoms with Crippen molar-refractivity contribution < 1.29 is 0 Å². The van der Waals surface area contributed by atoms with E-state index in [2.05, 4.69) is 28.8 Å². The third kappa shape index (κ3) is 0.871. The molecule has 0 bridgehead atoms. The van der Waals surface area contributed by atoms with Gasteiger partial charge in [0.05, 0.1) is 8.35 Å². The second-order valence-electron chi connectivity index (χ2n) is 1.87. The summed E-state index contributed by atoms with van der Waals surface area (Å²) in [7, 11) is 2.10. The summed E-state index contributed by atoms with van der Waals surface area (Å²) in [5, 5.41) is 2.91. The minimum atomic E-state index is 0.817. The van der Waals surface area contributed by atoms with E-state index in [9.17, 15) is 0 Å². The van der Waals surface area contributed by atoms with Crippen LogP contribution in [0.25, 0.3) is 10.2 Å². The molecule has 0 saturated heterocycles. The van der Waals surface area contributed by atoms with Crippen LogP contribution in [0.5, 0.6) is 0 Å². The first-order valence-electron chi connectivity index (χ1n) is 2.77. The predicted octanol–water partition coefficient (Wildman–Crippen LogP) is 3.06. The Morgan fingerprint density at radius 1 is 1.33 bits per heavy atom. The smallest absolute Gasteiger partial charge is 0.173 e. The zero-order chi connectivity index (χ0) is 6.10. The number of nitrogens with one attached hydrogen (secondary N) is 1. The van der Waals surface area contributed by atoms with Gasteiger partial charge in [0.25, 0.3) is 8.35 Å². The fraction of sp³-hybridized carbons (Fsp3) is 0. The molecule has 9 heavy (non-hydrogen) atoms. The molecule has 44 valence electrons. The van der Waals surface area contributed by atoms with Crippen molar-refractivity contribution >= 4 is 26.9 Å². The minimum absolute atomic E-state index is 0.817. The highest BCUT2D eigenvalue weighted by atomic mass is 31.1. The average molecular weight is 154 g/mol. The van der Waals surface area contributed by atoms with Crippen LogP contribution in [0.2, 0.25) is 0 Å². The van der Waals surface area contributed by atoms with Gasteiger partial charge >= 0.3 is 0 Å². The van der Waals surface area contributed by atoms with Crippen molar-refractivity contribution in [3.63, 3.8) is 0 Å². The molecule has 2 rings (SSSR count). The van der Waals surface area contributed by atoms with Gasteiger partial charge in [-0.3, -0.25) is 0 Å². The van der Waals surface area contributed by atoms with Crippen molar-refractivity contribution in [3.8, 4) is 0 Å². The van der Waals surface area contributed by atoms with Gasteiger partial charge < -0.3 is 0 Å². The molecule has 1 unspecified atom stereocenters. The molecule has 1 aromatic carbocycles. The van der Waals surface area contributed by atoms with Crippen molar-refractivity contribution in [3.05, 3.63) is 24.3 Å². The molecule has 0 aliphatic rings. The Hall–Kier alpha value is -0.380. The summed E-state index contributed by atoms with van der Waals surface area (Å²) in [6, 6.07) is 8.53. The molecule has 1 N–H and O–H groups in total. The van der Waals surface area contributed by atoms with Gasteiger partial charge in [-0.2, -0.15) is 4.51 Å². The Labute approximate surface area is 56.4 Å². The van der Waals surface area contributed by atoms with Crippen LogP contribution in [0.4, 0.5) is 0 Å². The lowest BCUT2D eigenvalue weighted by Crippen LogP contribution is -1.53. The van der Waals surface area contributed by atoms with Crippen LogP contribution < -0.4 is 0 Å². The molecule has 0 aliphatic carbocycles. The largest absolute Gasteiger partial charge is 0.264 e. The van der Waals surface area contributed by atoms with Crippen molar-refractivity contribution in [2.24, 2.45) is 0 Å². The van der Waals surface area contributed by atoms with Crippen LogP contribution in [0.1, 0.15) is 0 Å². The zero-order valence-electron chi connectivity index (χ0n) is 4.76. The van der Waals surface area contributed by atoms with Gasteiger partial charge in [-0.15, -0.1) is 0 Å². The Morgan fingerprint density at radius 3 is 3.11 bits per heavy atom. The van der Waals surface area contributed by atoms with E-state index < -0.39 is 0 Å². The van der Waals surface area contributed by atoms with Gasteiger partial charge in [0, 0.05) is 0 Å². The van der Waals surface area contributed by atoms with Crippen LogP contribution in [0.15, 0.2) is 24.3 Å². The maximum atomic E-state index is 3.29. The van der Waals surface area contributed by atoms with Gasteiger partial charge in [0.15, 0.2) is 0 Å². The molecule has 0 radical (unpaired) electrons. The molecular weight excluding hydrogens is 148 g/mol. The van der Waals surface area contributed by atoms with Crippen LogP contribution in [0.3, 0.4) is 0 Å². The molecule has 1 aromatic heterocycles. The molecule has 0 amide bonds. The molecule has 0 spiro atoms. The number of H-pyrrole nitrogens is 1. The first-order chi connectivity index (χ1) is 4.47. The lowest BCUT2D eigenvalue weighted by molar-refractivity contribution is 1.88. The first-order valence-corrected chi connectivity index (χ1v) is 4.67. The monoisotopic (exact) mass is 154 g/mol. The predicted molar refractivity (Wildman–Crippen MR) is 44.7 cm³/mol. The highest BCUT2D eigenvalue weighted by Gasteiger charge is 1.98. The number of rotatable bonds is 0. The summed E-state index contributed by atoms with van der Waals surface area (Å²) in [6.07, 6.45) is 0. The Kier molecular flexibility index (Phi) is 1.26. The lowest BCUT2D eigenvalue weighted by Gasteiger charge is -1.74. The highest BCUT2D eigenvalue weighted by molar-refractivity contribution is 7.48. The SMILES string of the molecule is c1ccc2[pH+][nH]pc2c1. The van der Waals surface area contributed by atoms with Gasteiger partial charge in [0.2, 0.25) is 0 Å². The highest BCUT2D eigenvalue weighted by Crippen LogP contribution is 2.28. The summed E-state index contributed by atoms with van der Waals surface area (Å²) in [6.45, 7) is 0. The Bertz CT molecular complexity index is 285. The normalized spacial score (nSPS) is 12.0. The molecule has 0 saturated carbocycles. The first kappa shape index (κ1) is 5.41. The minimum Gasteiger partial charge on any atom is -0.173 e. The van der Waals surface area contributed by atoms with E-state index in [-0.39, 0.29) is 0 Å². The van der Waals surface area contributed by atoms with E-state index in [4.69, 9.17) is 0 Å². The third-order valence-corrected chi connectivity index (χ3v) is 3.71. The summed E-state index contributed by atoms with van der Waals surface area (Å²) in [5.74, 6) is 0. The van der Waals surface area contributed by atoms with E-state index in [1.54, 1.807) is 0 Å². The van der Waals surface area contributed by atoms with Gasteiger partial charge in [-0.25, -0.2) is 0 Å². The van der Waals surface area contributed by atoms with E-state index in [0.717, 1.165) is 8.35 Å². The standard InChI is InChI=1S/C6H5NP2/c1-2-4-6-5(3-1)8-7-9-6/h1-4,7H/p+1. The molecule has 1 nitrogen and oxygen atoms in total. The number of aromatic nitrogens is 1. The molecule has 1 atom stereocenters. The summed E-state index contributed by atoms with van der Waals surface area (Å²) in [4.78, 5) is 0. The van der Waals surface area contributed by atoms with Gasteiger partial charge in [0.1, 0.15) is 10.2 Å². The van der Waals surface area contributed by atoms with E-state index in [1.807, 2.05) is 0 Å². The average Bonchev–Trinajstić information content (AvgIpc) is 2.33. The summed E-state index contributed by atoms with van der Waals surface area (Å²) in [5.41, 5.74) is 0. The third-order valence-electron chi connectivity index (χ3n) is 1.27. The Morgan fingerprint density at radius 2 is 2.22 bits per heavy atom. The van der Waals surface area contributed by atoms with Crippen molar-refractivity contribution in [2.75, 3.05) is 0 Å². The maximum absolute atomic E-state index is 3.29. The molecule has 0 fully saturated rings.